The Labute approximate surface area is 133 Å². The minimum Gasteiger partial charge on any atom is -0.400 e. The fourth-order valence-corrected chi connectivity index (χ4v) is 2.76. The van der Waals surface area contributed by atoms with E-state index in [9.17, 15) is 0 Å². The van der Waals surface area contributed by atoms with Crippen LogP contribution in [-0.2, 0) is 9.31 Å². The second-order valence-corrected chi connectivity index (χ2v) is 6.80. The summed E-state index contributed by atoms with van der Waals surface area (Å²) in [5, 5.41) is 0.780. The van der Waals surface area contributed by atoms with Gasteiger partial charge in [0.15, 0.2) is 0 Å². The van der Waals surface area contributed by atoms with Crippen molar-refractivity contribution in [2.75, 3.05) is 0 Å². The van der Waals surface area contributed by atoms with Crippen molar-refractivity contribution in [2.24, 2.45) is 0 Å². The van der Waals surface area contributed by atoms with Crippen LogP contribution in [-0.4, -0.2) is 18.3 Å². The lowest BCUT2D eigenvalue weighted by molar-refractivity contribution is -0.0118. The van der Waals surface area contributed by atoms with Crippen LogP contribution < -0.4 is 0 Å². The molecular formula is C17H24BClO2. The van der Waals surface area contributed by atoms with E-state index in [0.29, 0.717) is 0 Å². The molecule has 1 atom stereocenters. The van der Waals surface area contributed by atoms with Crippen molar-refractivity contribution in [1.29, 1.82) is 0 Å². The second kappa shape index (κ2) is 6.16. The van der Waals surface area contributed by atoms with Gasteiger partial charge in [-0.25, -0.2) is 0 Å². The predicted octanol–water partition coefficient (Wildman–Crippen LogP) is 4.96. The zero-order valence-corrected chi connectivity index (χ0v) is 14.3. The van der Waals surface area contributed by atoms with Gasteiger partial charge in [0.25, 0.3) is 0 Å². The standard InChI is InChI=1S/C17H24BClO2/c1-6-17(5)16(3,4)20-18(21-17)12-13(2)14-8-7-9-15(19)11-10-14/h8-12H,6-7H2,1-5H3/b13-12+. The molecule has 2 rings (SSSR count). The number of halogens is 1. The van der Waals surface area contributed by atoms with E-state index in [2.05, 4.69) is 46.7 Å². The number of hydrogen-bond donors (Lipinski definition) is 0. The quantitative estimate of drug-likeness (QED) is 0.686. The molecule has 1 heterocycles. The van der Waals surface area contributed by atoms with Gasteiger partial charge in [-0.1, -0.05) is 48.3 Å². The maximum atomic E-state index is 6.14. The minimum atomic E-state index is -0.300. The number of allylic oxidation sites excluding steroid dienone is 7. The van der Waals surface area contributed by atoms with Crippen molar-refractivity contribution in [3.8, 4) is 0 Å². The molecule has 2 aliphatic rings. The average Bonchev–Trinajstić information content (AvgIpc) is 2.56. The third-order valence-corrected chi connectivity index (χ3v) is 4.93. The van der Waals surface area contributed by atoms with E-state index in [0.717, 1.165) is 29.0 Å². The van der Waals surface area contributed by atoms with Crippen LogP contribution in [0.3, 0.4) is 0 Å². The van der Waals surface area contributed by atoms with Gasteiger partial charge in [-0.2, -0.15) is 0 Å². The smallest absolute Gasteiger partial charge is 0.400 e. The van der Waals surface area contributed by atoms with Crippen LogP contribution in [0.15, 0.2) is 46.5 Å². The summed E-state index contributed by atoms with van der Waals surface area (Å²) < 4.78 is 12.2. The lowest BCUT2D eigenvalue weighted by Crippen LogP contribution is -2.44. The Morgan fingerprint density at radius 2 is 2.00 bits per heavy atom. The molecule has 0 amide bonds. The van der Waals surface area contributed by atoms with Crippen LogP contribution in [0.1, 0.15) is 47.5 Å². The maximum absolute atomic E-state index is 6.14. The first-order valence-electron chi connectivity index (χ1n) is 7.56. The van der Waals surface area contributed by atoms with Crippen LogP contribution in [0.2, 0.25) is 0 Å². The molecule has 0 saturated carbocycles. The van der Waals surface area contributed by atoms with E-state index in [4.69, 9.17) is 20.9 Å². The van der Waals surface area contributed by atoms with Crippen molar-refractivity contribution >= 4 is 18.7 Å². The topological polar surface area (TPSA) is 18.5 Å². The first kappa shape index (κ1) is 16.6. The molecule has 4 heteroatoms. The summed E-state index contributed by atoms with van der Waals surface area (Å²) >= 11 is 6.03. The van der Waals surface area contributed by atoms with Crippen LogP contribution >= 0.6 is 11.6 Å². The highest BCUT2D eigenvalue weighted by Crippen LogP contribution is 2.40. The molecule has 1 fully saturated rings. The first-order valence-corrected chi connectivity index (χ1v) is 7.93. The molecule has 114 valence electrons. The molecule has 1 saturated heterocycles. The van der Waals surface area contributed by atoms with Gasteiger partial charge in [-0.3, -0.25) is 0 Å². The average molecular weight is 307 g/mol. The van der Waals surface area contributed by atoms with E-state index < -0.39 is 0 Å². The van der Waals surface area contributed by atoms with Crippen LogP contribution in [0.4, 0.5) is 0 Å². The molecule has 0 bridgehead atoms. The molecule has 21 heavy (non-hydrogen) atoms. The molecule has 1 aliphatic heterocycles. The molecule has 1 aliphatic carbocycles. The van der Waals surface area contributed by atoms with E-state index in [1.165, 1.54) is 0 Å². The Morgan fingerprint density at radius 3 is 2.62 bits per heavy atom. The van der Waals surface area contributed by atoms with Crippen LogP contribution in [0.5, 0.6) is 0 Å². The summed E-state index contributed by atoms with van der Waals surface area (Å²) in [6.45, 7) is 10.5. The molecule has 1 unspecified atom stereocenters. The Bertz CT molecular complexity index is 531. The molecule has 0 spiro atoms. The molecule has 0 radical (unpaired) electrons. The SMILES string of the molecule is CCC1(C)OB(/C=C(\C)C2=CCC=C(Cl)C=C2)OC1(C)C. The van der Waals surface area contributed by atoms with Crippen molar-refractivity contribution in [3.05, 3.63) is 46.5 Å². The monoisotopic (exact) mass is 306 g/mol. The highest BCUT2D eigenvalue weighted by molar-refractivity contribution is 6.52. The number of hydrogen-bond acceptors (Lipinski definition) is 2. The zero-order valence-electron chi connectivity index (χ0n) is 13.6. The van der Waals surface area contributed by atoms with Crippen molar-refractivity contribution in [3.63, 3.8) is 0 Å². The first-order chi connectivity index (χ1) is 9.77. The van der Waals surface area contributed by atoms with Crippen molar-refractivity contribution < 1.29 is 9.31 Å². The predicted molar refractivity (Wildman–Crippen MR) is 90.2 cm³/mol. The van der Waals surface area contributed by atoms with Gasteiger partial charge >= 0.3 is 7.12 Å². The van der Waals surface area contributed by atoms with Crippen molar-refractivity contribution in [2.45, 2.75) is 58.7 Å². The van der Waals surface area contributed by atoms with Gasteiger partial charge in [0.05, 0.1) is 11.2 Å². The van der Waals surface area contributed by atoms with Gasteiger partial charge in [-0.05, 0) is 52.2 Å². The fraction of sp³-hybridized carbons (Fsp3) is 0.529. The Hall–Kier alpha value is -0.765. The summed E-state index contributed by atoms with van der Waals surface area (Å²) in [7, 11) is -0.300. The third kappa shape index (κ3) is 3.53. The lowest BCUT2D eigenvalue weighted by Gasteiger charge is -2.35. The maximum Gasteiger partial charge on any atom is 0.487 e. The molecule has 0 N–H and O–H groups in total. The van der Waals surface area contributed by atoms with Gasteiger partial charge in [0.2, 0.25) is 0 Å². The Kier molecular flexibility index (Phi) is 4.87. The minimum absolute atomic E-state index is 0.257. The summed E-state index contributed by atoms with van der Waals surface area (Å²) in [6.07, 6.45) is 9.89. The molecule has 0 aromatic carbocycles. The third-order valence-electron chi connectivity index (χ3n) is 4.65. The van der Waals surface area contributed by atoms with E-state index in [1.807, 2.05) is 18.2 Å². The van der Waals surface area contributed by atoms with Gasteiger partial charge < -0.3 is 9.31 Å². The summed E-state index contributed by atoms with van der Waals surface area (Å²) in [6, 6.07) is 0. The lowest BCUT2D eigenvalue weighted by atomic mass is 9.85. The van der Waals surface area contributed by atoms with E-state index in [1.54, 1.807) is 0 Å². The zero-order chi connectivity index (χ0) is 15.7. The highest BCUT2D eigenvalue weighted by atomic mass is 35.5. The molecule has 0 aromatic heterocycles. The van der Waals surface area contributed by atoms with Crippen LogP contribution in [0, 0.1) is 0 Å². The molecular weight excluding hydrogens is 282 g/mol. The van der Waals surface area contributed by atoms with E-state index in [-0.39, 0.29) is 18.3 Å². The molecule has 0 aromatic rings. The van der Waals surface area contributed by atoms with Crippen LogP contribution in [0.25, 0.3) is 0 Å². The fourth-order valence-electron chi connectivity index (χ4n) is 2.61. The number of rotatable bonds is 3. The largest absolute Gasteiger partial charge is 0.487 e. The summed E-state index contributed by atoms with van der Waals surface area (Å²) in [5.74, 6) is 2.05. The van der Waals surface area contributed by atoms with Crippen molar-refractivity contribution in [1.82, 2.24) is 0 Å². The normalized spacial score (nSPS) is 29.2. The summed E-state index contributed by atoms with van der Waals surface area (Å²) in [4.78, 5) is 0. The van der Waals surface area contributed by atoms with Gasteiger partial charge in [-0.15, -0.1) is 0 Å². The summed E-state index contributed by atoms with van der Waals surface area (Å²) in [5.41, 5.74) is 1.76. The van der Waals surface area contributed by atoms with Gasteiger partial charge in [0, 0.05) is 5.03 Å². The molecule has 2 nitrogen and oxygen atoms in total. The van der Waals surface area contributed by atoms with Gasteiger partial charge in [0.1, 0.15) is 0 Å². The second-order valence-electron chi connectivity index (χ2n) is 6.37. The Morgan fingerprint density at radius 1 is 1.29 bits per heavy atom. The Balaban J connectivity index is 2.15. The van der Waals surface area contributed by atoms with E-state index >= 15 is 0 Å². The highest BCUT2D eigenvalue weighted by Gasteiger charge is 2.52.